The topological polar surface area (TPSA) is 76.4 Å². The molecule has 0 aliphatic rings. The van der Waals surface area contributed by atoms with Crippen LogP contribution in [0.4, 0.5) is 10.5 Å². The molecule has 0 bridgehead atoms. The van der Waals surface area contributed by atoms with Crippen molar-refractivity contribution < 1.29 is 9.53 Å². The molecule has 1 aromatic carbocycles. The molecule has 0 aromatic heterocycles. The molecule has 21 heavy (non-hydrogen) atoms. The summed E-state index contributed by atoms with van der Waals surface area (Å²) in [5.74, 6) is 0. The van der Waals surface area contributed by atoms with Gasteiger partial charge in [0.05, 0.1) is 0 Å². The molecule has 1 rings (SSSR count). The van der Waals surface area contributed by atoms with E-state index in [1.54, 1.807) is 0 Å². The molecular formula is C15H24BrN3O2. The van der Waals surface area contributed by atoms with E-state index in [1.807, 2.05) is 45.0 Å². The van der Waals surface area contributed by atoms with Gasteiger partial charge in [-0.3, -0.25) is 0 Å². The van der Waals surface area contributed by atoms with Gasteiger partial charge in [-0.2, -0.15) is 0 Å². The SMILES string of the molecule is CC(C)(C)OC(=O)NCCC(CN)Nc1ccc(Br)cc1. The monoisotopic (exact) mass is 357 g/mol. The van der Waals surface area contributed by atoms with Crippen molar-refractivity contribution in [1.82, 2.24) is 5.32 Å². The Morgan fingerprint density at radius 3 is 2.48 bits per heavy atom. The van der Waals surface area contributed by atoms with Crippen LogP contribution in [0.2, 0.25) is 0 Å². The lowest BCUT2D eigenvalue weighted by Gasteiger charge is -2.21. The molecule has 1 aromatic rings. The highest BCUT2D eigenvalue weighted by Crippen LogP contribution is 2.15. The number of carbonyl (C=O) groups is 1. The summed E-state index contributed by atoms with van der Waals surface area (Å²) in [6.45, 7) is 6.52. The number of carbonyl (C=O) groups excluding carboxylic acids is 1. The van der Waals surface area contributed by atoms with Crippen molar-refractivity contribution in [2.24, 2.45) is 5.73 Å². The van der Waals surface area contributed by atoms with E-state index in [-0.39, 0.29) is 6.04 Å². The molecule has 0 heterocycles. The Hall–Kier alpha value is -1.27. The third-order valence-corrected chi connectivity index (χ3v) is 3.19. The zero-order chi connectivity index (χ0) is 15.9. The molecule has 0 radical (unpaired) electrons. The molecule has 6 heteroatoms. The minimum atomic E-state index is -0.479. The fourth-order valence-corrected chi connectivity index (χ4v) is 1.96. The first kappa shape index (κ1) is 17.8. The van der Waals surface area contributed by atoms with Crippen LogP contribution < -0.4 is 16.4 Å². The minimum absolute atomic E-state index is 0.0983. The summed E-state index contributed by atoms with van der Waals surface area (Å²) < 4.78 is 6.21. The first-order valence-electron chi connectivity index (χ1n) is 6.99. The highest BCUT2D eigenvalue weighted by atomic mass is 79.9. The number of rotatable bonds is 6. The van der Waals surface area contributed by atoms with Crippen LogP contribution in [-0.4, -0.2) is 30.8 Å². The molecule has 0 aliphatic heterocycles. The van der Waals surface area contributed by atoms with Gasteiger partial charge < -0.3 is 21.1 Å². The fraction of sp³-hybridized carbons (Fsp3) is 0.533. The van der Waals surface area contributed by atoms with Crippen LogP contribution in [0.3, 0.4) is 0 Å². The lowest BCUT2D eigenvalue weighted by Crippen LogP contribution is -2.37. The number of amides is 1. The number of halogens is 1. The van der Waals surface area contributed by atoms with Crippen LogP contribution in [0.5, 0.6) is 0 Å². The van der Waals surface area contributed by atoms with Crippen molar-refractivity contribution in [3.05, 3.63) is 28.7 Å². The number of alkyl carbamates (subject to hydrolysis) is 1. The van der Waals surface area contributed by atoms with Crippen molar-refractivity contribution >= 4 is 27.7 Å². The second-order valence-electron chi connectivity index (χ2n) is 5.80. The minimum Gasteiger partial charge on any atom is -0.444 e. The van der Waals surface area contributed by atoms with Crippen LogP contribution in [-0.2, 0) is 4.74 Å². The van der Waals surface area contributed by atoms with E-state index in [1.165, 1.54) is 0 Å². The van der Waals surface area contributed by atoms with Gasteiger partial charge in [-0.25, -0.2) is 4.79 Å². The van der Waals surface area contributed by atoms with Gasteiger partial charge >= 0.3 is 6.09 Å². The lowest BCUT2D eigenvalue weighted by atomic mass is 10.2. The van der Waals surface area contributed by atoms with Gasteiger partial charge in [0.1, 0.15) is 5.60 Å². The number of nitrogens with one attached hydrogen (secondary N) is 2. The average Bonchev–Trinajstić information content (AvgIpc) is 2.38. The number of benzene rings is 1. The maximum Gasteiger partial charge on any atom is 0.407 e. The fourth-order valence-electron chi connectivity index (χ4n) is 1.69. The Morgan fingerprint density at radius 1 is 1.33 bits per heavy atom. The van der Waals surface area contributed by atoms with Gasteiger partial charge in [-0.15, -0.1) is 0 Å². The number of ether oxygens (including phenoxy) is 1. The number of nitrogens with two attached hydrogens (primary N) is 1. The third-order valence-electron chi connectivity index (χ3n) is 2.66. The van der Waals surface area contributed by atoms with Crippen LogP contribution in [0, 0.1) is 0 Å². The van der Waals surface area contributed by atoms with E-state index in [0.717, 1.165) is 16.6 Å². The van der Waals surface area contributed by atoms with E-state index >= 15 is 0 Å². The summed E-state index contributed by atoms with van der Waals surface area (Å²) in [7, 11) is 0. The van der Waals surface area contributed by atoms with Gasteiger partial charge in [0.2, 0.25) is 0 Å². The molecule has 5 nitrogen and oxygen atoms in total. The molecule has 118 valence electrons. The van der Waals surface area contributed by atoms with E-state index < -0.39 is 11.7 Å². The molecule has 4 N–H and O–H groups in total. The molecule has 0 spiro atoms. The number of hydrogen-bond acceptors (Lipinski definition) is 4. The highest BCUT2D eigenvalue weighted by Gasteiger charge is 2.16. The van der Waals surface area contributed by atoms with Gasteiger partial charge in [0.25, 0.3) is 0 Å². The summed E-state index contributed by atoms with van der Waals surface area (Å²) in [4.78, 5) is 11.5. The standard InChI is InChI=1S/C15H24BrN3O2/c1-15(2,3)21-14(20)18-9-8-13(10-17)19-12-6-4-11(16)5-7-12/h4-7,13,19H,8-10,17H2,1-3H3,(H,18,20). The quantitative estimate of drug-likeness (QED) is 0.730. The highest BCUT2D eigenvalue weighted by molar-refractivity contribution is 9.10. The van der Waals surface area contributed by atoms with E-state index in [0.29, 0.717) is 13.1 Å². The zero-order valence-electron chi connectivity index (χ0n) is 12.8. The third kappa shape index (κ3) is 7.92. The predicted octanol–water partition coefficient (Wildman–Crippen LogP) is 3.10. The predicted molar refractivity (Wildman–Crippen MR) is 89.5 cm³/mol. The maximum atomic E-state index is 11.5. The van der Waals surface area contributed by atoms with Crippen molar-refractivity contribution in [2.45, 2.75) is 38.8 Å². The van der Waals surface area contributed by atoms with Crippen molar-refractivity contribution in [3.63, 3.8) is 0 Å². The van der Waals surface area contributed by atoms with E-state index in [9.17, 15) is 4.79 Å². The van der Waals surface area contributed by atoms with E-state index in [4.69, 9.17) is 10.5 Å². The molecule has 1 amide bonds. The molecule has 0 aliphatic carbocycles. The average molecular weight is 358 g/mol. The Bertz CT molecular complexity index is 443. The largest absolute Gasteiger partial charge is 0.444 e. The normalized spacial score (nSPS) is 12.6. The maximum absolute atomic E-state index is 11.5. The van der Waals surface area contributed by atoms with E-state index in [2.05, 4.69) is 26.6 Å². The smallest absolute Gasteiger partial charge is 0.407 e. The first-order valence-corrected chi connectivity index (χ1v) is 7.78. The Labute approximate surface area is 134 Å². The molecule has 1 atom stereocenters. The number of anilines is 1. The molecule has 0 fully saturated rings. The summed E-state index contributed by atoms with van der Waals surface area (Å²) in [5, 5.41) is 6.07. The summed E-state index contributed by atoms with van der Waals surface area (Å²) in [6, 6.07) is 7.99. The zero-order valence-corrected chi connectivity index (χ0v) is 14.4. The Kier molecular flexibility index (Phi) is 6.98. The van der Waals surface area contributed by atoms with Gasteiger partial charge in [0, 0.05) is 29.3 Å². The Balaban J connectivity index is 2.34. The van der Waals surface area contributed by atoms with Crippen molar-refractivity contribution in [3.8, 4) is 0 Å². The summed E-state index contributed by atoms with van der Waals surface area (Å²) in [6.07, 6.45) is 0.327. The molecule has 0 saturated carbocycles. The second-order valence-corrected chi connectivity index (χ2v) is 6.72. The summed E-state index contributed by atoms with van der Waals surface area (Å²) in [5.41, 5.74) is 6.28. The van der Waals surface area contributed by atoms with Crippen LogP contribution in [0.25, 0.3) is 0 Å². The van der Waals surface area contributed by atoms with Crippen LogP contribution >= 0.6 is 15.9 Å². The van der Waals surface area contributed by atoms with Gasteiger partial charge in [-0.05, 0) is 51.5 Å². The second kappa shape index (κ2) is 8.24. The Morgan fingerprint density at radius 2 is 1.95 bits per heavy atom. The molecular weight excluding hydrogens is 334 g/mol. The molecule has 1 unspecified atom stereocenters. The first-order chi connectivity index (χ1) is 9.80. The summed E-state index contributed by atoms with van der Waals surface area (Å²) >= 11 is 3.40. The van der Waals surface area contributed by atoms with Crippen LogP contribution in [0.15, 0.2) is 28.7 Å². The lowest BCUT2D eigenvalue weighted by molar-refractivity contribution is 0.0527. The van der Waals surface area contributed by atoms with Crippen molar-refractivity contribution in [2.75, 3.05) is 18.4 Å². The van der Waals surface area contributed by atoms with Crippen LogP contribution in [0.1, 0.15) is 27.2 Å². The van der Waals surface area contributed by atoms with Crippen molar-refractivity contribution in [1.29, 1.82) is 0 Å². The molecule has 0 saturated heterocycles. The van der Waals surface area contributed by atoms with Gasteiger partial charge in [-0.1, -0.05) is 15.9 Å². The number of hydrogen-bond donors (Lipinski definition) is 3. The van der Waals surface area contributed by atoms with Gasteiger partial charge in [0.15, 0.2) is 0 Å².